The highest BCUT2D eigenvalue weighted by atomic mass is 32.1. The summed E-state index contributed by atoms with van der Waals surface area (Å²) >= 11 is 1.68. The molecule has 2 aromatic heterocycles. The molecule has 0 aliphatic heterocycles. The van der Waals surface area contributed by atoms with Crippen molar-refractivity contribution >= 4 is 17.0 Å². The molecule has 4 heteroatoms. The number of nitrogens with zero attached hydrogens (tertiary/aromatic N) is 3. The molecule has 0 saturated heterocycles. The number of hydrogen-bond acceptors (Lipinski definition) is 3. The van der Waals surface area contributed by atoms with Gasteiger partial charge in [-0.3, -0.25) is 4.98 Å². The van der Waals surface area contributed by atoms with Crippen molar-refractivity contribution in [2.75, 3.05) is 0 Å². The van der Waals surface area contributed by atoms with E-state index in [-0.39, 0.29) is 0 Å². The summed E-state index contributed by atoms with van der Waals surface area (Å²) in [5, 5.41) is 2.19. The number of benzene rings is 1. The van der Waals surface area contributed by atoms with E-state index in [1.165, 1.54) is 16.8 Å². The molecule has 22 heavy (non-hydrogen) atoms. The molecule has 0 bridgehead atoms. The smallest absolute Gasteiger partial charge is 0.190 e. The largest absolute Gasteiger partial charge is 0.316 e. The minimum absolute atomic E-state index is 0.893. The van der Waals surface area contributed by atoms with Crippen LogP contribution in [0.1, 0.15) is 18.9 Å². The predicted molar refractivity (Wildman–Crippen MR) is 92.2 cm³/mol. The summed E-state index contributed by atoms with van der Waals surface area (Å²) in [6.45, 7) is 5.27. The molecule has 0 atom stereocenters. The average molecular weight is 309 g/mol. The van der Waals surface area contributed by atoms with Gasteiger partial charge in [-0.15, -0.1) is 11.3 Å². The average Bonchev–Trinajstić information content (AvgIpc) is 2.92. The van der Waals surface area contributed by atoms with E-state index in [2.05, 4.69) is 53.0 Å². The minimum Gasteiger partial charge on any atom is -0.316 e. The van der Waals surface area contributed by atoms with Crippen LogP contribution in [0.2, 0.25) is 0 Å². The highest BCUT2D eigenvalue weighted by Gasteiger charge is 2.07. The predicted octanol–water partition coefficient (Wildman–Crippen LogP) is 4.56. The minimum atomic E-state index is 0.893. The number of aryl methyl sites for hydroxylation is 1. The van der Waals surface area contributed by atoms with Gasteiger partial charge in [0.2, 0.25) is 0 Å². The van der Waals surface area contributed by atoms with Crippen LogP contribution < -0.4 is 4.80 Å². The Labute approximate surface area is 134 Å². The molecule has 112 valence electrons. The van der Waals surface area contributed by atoms with Gasteiger partial charge in [0.15, 0.2) is 4.80 Å². The molecule has 0 unspecified atom stereocenters. The first-order valence-electron chi connectivity index (χ1n) is 7.48. The lowest BCUT2D eigenvalue weighted by Crippen LogP contribution is -2.15. The first kappa shape index (κ1) is 14.7. The summed E-state index contributed by atoms with van der Waals surface area (Å²) in [5.41, 5.74) is 4.64. The van der Waals surface area contributed by atoms with Crippen LogP contribution in [-0.4, -0.2) is 9.55 Å². The van der Waals surface area contributed by atoms with Gasteiger partial charge in [0, 0.05) is 18.1 Å². The van der Waals surface area contributed by atoms with Gasteiger partial charge < -0.3 is 4.57 Å². The van der Waals surface area contributed by atoms with Crippen LogP contribution in [-0.2, 0) is 6.54 Å². The van der Waals surface area contributed by atoms with Gasteiger partial charge in [-0.25, -0.2) is 4.99 Å². The third-order valence-corrected chi connectivity index (χ3v) is 4.33. The zero-order chi connectivity index (χ0) is 15.4. The summed E-state index contributed by atoms with van der Waals surface area (Å²) in [6, 6.07) is 12.6. The second-order valence-corrected chi connectivity index (χ2v) is 6.08. The first-order chi connectivity index (χ1) is 10.8. The second-order valence-electron chi connectivity index (χ2n) is 5.24. The Bertz CT molecular complexity index is 798. The summed E-state index contributed by atoms with van der Waals surface area (Å²) in [4.78, 5) is 9.89. The molecule has 0 fully saturated rings. The maximum Gasteiger partial charge on any atom is 0.190 e. The number of rotatable bonds is 4. The van der Waals surface area contributed by atoms with Crippen LogP contribution in [0, 0.1) is 6.92 Å². The molecule has 3 aromatic rings. The van der Waals surface area contributed by atoms with Crippen molar-refractivity contribution in [1.82, 2.24) is 9.55 Å². The molecule has 1 aromatic carbocycles. The Balaban J connectivity index is 2.09. The molecule has 0 N–H and O–H groups in total. The number of aromatic nitrogens is 2. The summed E-state index contributed by atoms with van der Waals surface area (Å²) < 4.78 is 2.29. The van der Waals surface area contributed by atoms with Gasteiger partial charge in [0.1, 0.15) is 0 Å². The lowest BCUT2D eigenvalue weighted by Gasteiger charge is -2.08. The molecule has 3 nitrogen and oxygen atoms in total. The van der Waals surface area contributed by atoms with Gasteiger partial charge in [-0.05, 0) is 31.0 Å². The van der Waals surface area contributed by atoms with E-state index in [0.717, 1.165) is 23.5 Å². The zero-order valence-electron chi connectivity index (χ0n) is 12.9. The van der Waals surface area contributed by atoms with Gasteiger partial charge in [0.25, 0.3) is 0 Å². The maximum absolute atomic E-state index is 4.74. The van der Waals surface area contributed by atoms with E-state index in [9.17, 15) is 0 Å². The lowest BCUT2D eigenvalue weighted by molar-refractivity contribution is 0.667. The molecule has 0 aliphatic rings. The Morgan fingerprint density at radius 1 is 1.18 bits per heavy atom. The van der Waals surface area contributed by atoms with E-state index in [4.69, 9.17) is 4.99 Å². The van der Waals surface area contributed by atoms with Crippen LogP contribution >= 0.6 is 11.3 Å². The molecule has 0 radical (unpaired) electrons. The van der Waals surface area contributed by atoms with E-state index >= 15 is 0 Å². The van der Waals surface area contributed by atoms with Gasteiger partial charge in [-0.2, -0.15) is 0 Å². The molecule has 0 saturated carbocycles. The second kappa shape index (κ2) is 6.71. The third kappa shape index (κ3) is 3.17. The topological polar surface area (TPSA) is 30.2 Å². The van der Waals surface area contributed by atoms with Gasteiger partial charge >= 0.3 is 0 Å². The summed E-state index contributed by atoms with van der Waals surface area (Å²) in [6.07, 6.45) is 4.64. The van der Waals surface area contributed by atoms with Gasteiger partial charge in [-0.1, -0.05) is 36.8 Å². The Hall–Kier alpha value is -2.20. The lowest BCUT2D eigenvalue weighted by atomic mass is 10.1. The zero-order valence-corrected chi connectivity index (χ0v) is 13.7. The molecule has 0 aliphatic carbocycles. The standard InChI is InChI=1S/C18H19N3S/c1-3-11-21-17(15-8-6-14(2)7-9-15)13-22-18(21)20-16-5-4-10-19-12-16/h4-10,12-13H,3,11H2,1-2H3. The highest BCUT2D eigenvalue weighted by Crippen LogP contribution is 2.21. The van der Waals surface area contributed by atoms with Crippen molar-refractivity contribution < 1.29 is 0 Å². The van der Waals surface area contributed by atoms with Crippen LogP contribution in [0.25, 0.3) is 11.3 Å². The fraction of sp³-hybridized carbons (Fsp3) is 0.222. The van der Waals surface area contributed by atoms with Crippen molar-refractivity contribution in [3.05, 3.63) is 64.5 Å². The van der Waals surface area contributed by atoms with E-state index < -0.39 is 0 Å². The fourth-order valence-electron chi connectivity index (χ4n) is 2.34. The van der Waals surface area contributed by atoms with Crippen molar-refractivity contribution in [3.63, 3.8) is 0 Å². The SMILES string of the molecule is CCCn1c(-c2ccc(C)cc2)csc1=Nc1cccnc1. The van der Waals surface area contributed by atoms with E-state index in [0.29, 0.717) is 0 Å². The Kier molecular flexibility index (Phi) is 4.49. The first-order valence-corrected chi connectivity index (χ1v) is 8.36. The fourth-order valence-corrected chi connectivity index (χ4v) is 3.30. The summed E-state index contributed by atoms with van der Waals surface area (Å²) in [5.74, 6) is 0. The van der Waals surface area contributed by atoms with Crippen LogP contribution in [0.5, 0.6) is 0 Å². The molecule has 2 heterocycles. The quantitative estimate of drug-likeness (QED) is 0.694. The molecular weight excluding hydrogens is 290 g/mol. The maximum atomic E-state index is 4.74. The molecule has 0 amide bonds. The van der Waals surface area contributed by atoms with E-state index in [1.54, 1.807) is 23.7 Å². The van der Waals surface area contributed by atoms with Crippen LogP contribution in [0.15, 0.2) is 59.2 Å². The third-order valence-electron chi connectivity index (χ3n) is 3.46. The van der Waals surface area contributed by atoms with Crippen molar-refractivity contribution in [2.45, 2.75) is 26.8 Å². The number of thiazole rings is 1. The van der Waals surface area contributed by atoms with Crippen molar-refractivity contribution in [3.8, 4) is 11.3 Å². The number of hydrogen-bond donors (Lipinski definition) is 0. The highest BCUT2D eigenvalue weighted by molar-refractivity contribution is 7.07. The molecular formula is C18H19N3S. The molecule has 0 spiro atoms. The van der Waals surface area contributed by atoms with Crippen LogP contribution in [0.4, 0.5) is 5.69 Å². The van der Waals surface area contributed by atoms with Crippen molar-refractivity contribution in [2.24, 2.45) is 4.99 Å². The van der Waals surface area contributed by atoms with Crippen molar-refractivity contribution in [1.29, 1.82) is 0 Å². The Morgan fingerprint density at radius 2 is 2.00 bits per heavy atom. The Morgan fingerprint density at radius 3 is 2.68 bits per heavy atom. The van der Waals surface area contributed by atoms with Crippen LogP contribution in [0.3, 0.4) is 0 Å². The van der Waals surface area contributed by atoms with E-state index in [1.807, 2.05) is 12.1 Å². The normalized spacial score (nSPS) is 11.8. The monoisotopic (exact) mass is 309 g/mol. The number of pyridine rings is 1. The molecule has 3 rings (SSSR count). The summed E-state index contributed by atoms with van der Waals surface area (Å²) in [7, 11) is 0. The van der Waals surface area contributed by atoms with Gasteiger partial charge in [0.05, 0.1) is 17.6 Å².